The Hall–Kier alpha value is -2.40. The van der Waals surface area contributed by atoms with Crippen molar-refractivity contribution in [1.29, 1.82) is 0 Å². The number of primary amides is 1. The summed E-state index contributed by atoms with van der Waals surface area (Å²) in [5.41, 5.74) is 6.87. The zero-order valence-corrected chi connectivity index (χ0v) is 11.5. The fourth-order valence-electron chi connectivity index (χ4n) is 2.06. The van der Waals surface area contributed by atoms with Crippen LogP contribution in [0.25, 0.3) is 10.8 Å². The number of rotatable bonds is 4. The van der Waals surface area contributed by atoms with Crippen LogP contribution in [0.4, 0.5) is 5.69 Å². The molecule has 0 radical (unpaired) electrons. The molecule has 3 N–H and O–H groups in total. The normalized spacial score (nSPS) is 10.6. The number of nitrogens with two attached hydrogens (primary N) is 1. The van der Waals surface area contributed by atoms with Gasteiger partial charge in [-0.3, -0.25) is 9.78 Å². The number of carbonyl (C=O) groups is 1. The maximum absolute atomic E-state index is 11.1. The third kappa shape index (κ3) is 2.48. The Labute approximate surface area is 120 Å². The number of aromatic nitrogens is 1. The maximum Gasteiger partial charge on any atom is 0.249 e. The molecule has 2 aromatic heterocycles. The summed E-state index contributed by atoms with van der Waals surface area (Å²) < 4.78 is 0. The topological polar surface area (TPSA) is 68.0 Å². The summed E-state index contributed by atoms with van der Waals surface area (Å²) in [4.78, 5) is 16.3. The van der Waals surface area contributed by atoms with Gasteiger partial charge in [-0.2, -0.15) is 0 Å². The van der Waals surface area contributed by atoms with Crippen LogP contribution in [0.15, 0.2) is 48.1 Å². The lowest BCUT2D eigenvalue weighted by Gasteiger charge is -2.08. The maximum atomic E-state index is 11.1. The van der Waals surface area contributed by atoms with Gasteiger partial charge in [-0.25, -0.2) is 0 Å². The van der Waals surface area contributed by atoms with E-state index >= 15 is 0 Å². The van der Waals surface area contributed by atoms with Crippen LogP contribution in [0, 0.1) is 0 Å². The average Bonchev–Trinajstić information content (AvgIpc) is 2.94. The summed E-state index contributed by atoms with van der Waals surface area (Å²) in [6, 6.07) is 9.87. The number of pyridine rings is 1. The Morgan fingerprint density at radius 3 is 3.05 bits per heavy atom. The van der Waals surface area contributed by atoms with E-state index < -0.39 is 0 Å². The number of hydrogen-bond acceptors (Lipinski definition) is 4. The lowest BCUT2D eigenvalue weighted by atomic mass is 10.1. The predicted octanol–water partition coefficient (Wildman–Crippen LogP) is 3.01. The molecule has 0 saturated heterocycles. The van der Waals surface area contributed by atoms with Crippen LogP contribution in [-0.2, 0) is 6.54 Å². The van der Waals surface area contributed by atoms with Gasteiger partial charge in [0.2, 0.25) is 5.91 Å². The van der Waals surface area contributed by atoms with E-state index in [1.165, 1.54) is 11.3 Å². The summed E-state index contributed by atoms with van der Waals surface area (Å²) in [6.45, 7) is 0.666. The van der Waals surface area contributed by atoms with E-state index in [0.29, 0.717) is 12.1 Å². The second kappa shape index (κ2) is 5.30. The number of hydrogen-bond donors (Lipinski definition) is 2. The summed E-state index contributed by atoms with van der Waals surface area (Å²) in [5.74, 6) is -0.385. The fourth-order valence-corrected chi connectivity index (χ4v) is 2.87. The summed E-state index contributed by atoms with van der Waals surface area (Å²) in [5, 5.41) is 7.40. The van der Waals surface area contributed by atoms with E-state index in [0.717, 1.165) is 21.3 Å². The van der Waals surface area contributed by atoms with Crippen LogP contribution in [-0.4, -0.2) is 10.9 Å². The number of nitrogens with one attached hydrogen (secondary N) is 1. The van der Waals surface area contributed by atoms with Gasteiger partial charge in [0.25, 0.3) is 0 Å². The minimum absolute atomic E-state index is 0.385. The largest absolute Gasteiger partial charge is 0.380 e. The first-order chi connectivity index (χ1) is 9.74. The molecule has 0 fully saturated rings. The highest BCUT2D eigenvalue weighted by molar-refractivity contribution is 7.10. The van der Waals surface area contributed by atoms with E-state index in [4.69, 9.17) is 5.73 Å². The van der Waals surface area contributed by atoms with Gasteiger partial charge >= 0.3 is 0 Å². The molecule has 100 valence electrons. The fraction of sp³-hybridized carbons (Fsp3) is 0.0667. The molecule has 0 aliphatic heterocycles. The second-order valence-corrected chi connectivity index (χ2v) is 5.42. The van der Waals surface area contributed by atoms with Gasteiger partial charge in [-0.1, -0.05) is 12.1 Å². The van der Waals surface area contributed by atoms with Crippen LogP contribution in [0.1, 0.15) is 15.2 Å². The van der Waals surface area contributed by atoms with Crippen molar-refractivity contribution in [2.75, 3.05) is 5.32 Å². The number of thiophene rings is 1. The van der Waals surface area contributed by atoms with E-state index in [-0.39, 0.29) is 5.91 Å². The standard InChI is InChI=1S/C15H13N3OS/c16-15(19)11-6-12(20-9-11)8-18-14-3-1-2-10-7-17-5-4-13(10)14/h1-7,9,18H,8H2,(H2,16,19). The van der Waals surface area contributed by atoms with Crippen LogP contribution >= 0.6 is 11.3 Å². The number of amides is 1. The van der Waals surface area contributed by atoms with Crippen molar-refractivity contribution in [3.63, 3.8) is 0 Å². The first-order valence-corrected chi connectivity index (χ1v) is 7.06. The zero-order chi connectivity index (χ0) is 13.9. The summed E-state index contributed by atoms with van der Waals surface area (Å²) >= 11 is 1.53. The number of nitrogens with zero attached hydrogens (tertiary/aromatic N) is 1. The van der Waals surface area contributed by atoms with Crippen LogP contribution in [0.3, 0.4) is 0 Å². The van der Waals surface area contributed by atoms with Gasteiger partial charge in [0.05, 0.1) is 5.56 Å². The number of benzene rings is 1. The SMILES string of the molecule is NC(=O)c1csc(CNc2cccc3cnccc23)c1. The molecule has 0 saturated carbocycles. The number of fused-ring (bicyclic) bond motifs is 1. The quantitative estimate of drug-likeness (QED) is 0.773. The molecule has 3 aromatic rings. The Morgan fingerprint density at radius 1 is 1.35 bits per heavy atom. The Bertz CT molecular complexity index is 761. The van der Waals surface area contributed by atoms with Crippen molar-refractivity contribution < 1.29 is 4.79 Å². The monoisotopic (exact) mass is 283 g/mol. The number of carbonyl (C=O) groups excluding carboxylic acids is 1. The van der Waals surface area contributed by atoms with Gasteiger partial charge in [-0.15, -0.1) is 11.3 Å². The molecule has 5 heteroatoms. The van der Waals surface area contributed by atoms with Crippen molar-refractivity contribution in [3.8, 4) is 0 Å². The summed E-state index contributed by atoms with van der Waals surface area (Å²) in [6.07, 6.45) is 3.63. The smallest absolute Gasteiger partial charge is 0.249 e. The molecule has 4 nitrogen and oxygen atoms in total. The zero-order valence-electron chi connectivity index (χ0n) is 10.7. The third-order valence-electron chi connectivity index (χ3n) is 3.07. The Balaban J connectivity index is 1.81. The van der Waals surface area contributed by atoms with Crippen molar-refractivity contribution in [1.82, 2.24) is 4.98 Å². The molecular weight excluding hydrogens is 270 g/mol. The van der Waals surface area contributed by atoms with Crippen LogP contribution in [0.5, 0.6) is 0 Å². The van der Waals surface area contributed by atoms with Gasteiger partial charge in [-0.05, 0) is 18.2 Å². The lowest BCUT2D eigenvalue weighted by Crippen LogP contribution is -2.09. The van der Waals surface area contributed by atoms with E-state index in [1.807, 2.05) is 36.5 Å². The summed E-state index contributed by atoms with van der Waals surface area (Å²) in [7, 11) is 0. The van der Waals surface area contributed by atoms with Crippen LogP contribution < -0.4 is 11.1 Å². The molecule has 0 spiro atoms. The molecule has 1 amide bonds. The minimum Gasteiger partial charge on any atom is -0.380 e. The molecule has 20 heavy (non-hydrogen) atoms. The van der Waals surface area contributed by atoms with Crippen molar-refractivity contribution in [2.45, 2.75) is 6.54 Å². The molecule has 0 aliphatic carbocycles. The van der Waals surface area contributed by atoms with Crippen molar-refractivity contribution in [2.24, 2.45) is 5.73 Å². The Morgan fingerprint density at radius 2 is 2.25 bits per heavy atom. The highest BCUT2D eigenvalue weighted by Crippen LogP contribution is 2.23. The second-order valence-electron chi connectivity index (χ2n) is 4.42. The van der Waals surface area contributed by atoms with E-state index in [9.17, 15) is 4.79 Å². The molecule has 0 bridgehead atoms. The molecule has 0 unspecified atom stereocenters. The first-order valence-electron chi connectivity index (χ1n) is 6.18. The van der Waals surface area contributed by atoms with E-state index in [1.54, 1.807) is 11.6 Å². The minimum atomic E-state index is -0.385. The molecule has 0 aliphatic rings. The van der Waals surface area contributed by atoms with Gasteiger partial charge < -0.3 is 11.1 Å². The average molecular weight is 283 g/mol. The van der Waals surface area contributed by atoms with Gasteiger partial charge in [0, 0.05) is 45.7 Å². The molecule has 2 heterocycles. The van der Waals surface area contributed by atoms with Crippen LogP contribution in [0.2, 0.25) is 0 Å². The van der Waals surface area contributed by atoms with Gasteiger partial charge in [0.1, 0.15) is 0 Å². The third-order valence-corrected chi connectivity index (χ3v) is 4.01. The Kier molecular flexibility index (Phi) is 3.35. The lowest BCUT2D eigenvalue weighted by molar-refractivity contribution is 0.100. The molecule has 3 rings (SSSR count). The molecular formula is C15H13N3OS. The molecule has 0 atom stereocenters. The highest BCUT2D eigenvalue weighted by Gasteiger charge is 2.05. The predicted molar refractivity (Wildman–Crippen MR) is 81.9 cm³/mol. The first kappa shape index (κ1) is 12.6. The van der Waals surface area contributed by atoms with Crippen molar-refractivity contribution >= 4 is 33.7 Å². The number of anilines is 1. The van der Waals surface area contributed by atoms with E-state index in [2.05, 4.69) is 10.3 Å². The highest BCUT2D eigenvalue weighted by atomic mass is 32.1. The van der Waals surface area contributed by atoms with Gasteiger partial charge in [0.15, 0.2) is 0 Å². The molecule has 1 aromatic carbocycles. The van der Waals surface area contributed by atoms with Crippen molar-refractivity contribution in [3.05, 3.63) is 58.5 Å².